The van der Waals surface area contributed by atoms with E-state index in [0.29, 0.717) is 19.8 Å². The molecular weight excluding hydrogens is 318 g/mol. The van der Waals surface area contributed by atoms with Crippen molar-refractivity contribution in [1.29, 1.82) is 0 Å². The lowest BCUT2D eigenvalue weighted by Crippen LogP contribution is -2.33. The topological polar surface area (TPSA) is 55.8 Å². The lowest BCUT2D eigenvalue weighted by molar-refractivity contribution is -0.143. The van der Waals surface area contributed by atoms with Crippen LogP contribution in [-0.2, 0) is 14.3 Å². The van der Waals surface area contributed by atoms with Gasteiger partial charge in [0.2, 0.25) is 5.91 Å². The van der Waals surface area contributed by atoms with Gasteiger partial charge in [-0.25, -0.2) is 0 Å². The first-order valence-electron chi connectivity index (χ1n) is 9.01. The van der Waals surface area contributed by atoms with Gasteiger partial charge in [-0.05, 0) is 38.3 Å². The summed E-state index contributed by atoms with van der Waals surface area (Å²) >= 11 is 0. The van der Waals surface area contributed by atoms with Gasteiger partial charge in [-0.1, -0.05) is 25.1 Å². The highest BCUT2D eigenvalue weighted by atomic mass is 16.5. The van der Waals surface area contributed by atoms with Crippen molar-refractivity contribution < 1.29 is 19.1 Å². The molecule has 0 saturated heterocycles. The lowest BCUT2D eigenvalue weighted by Gasteiger charge is -2.20. The molecule has 5 nitrogen and oxygen atoms in total. The van der Waals surface area contributed by atoms with Crippen LogP contribution in [0.25, 0.3) is 6.08 Å². The molecule has 25 heavy (non-hydrogen) atoms. The molecule has 1 aromatic carbocycles. The number of hydrogen-bond donors (Lipinski definition) is 0. The van der Waals surface area contributed by atoms with Crippen LogP contribution in [0.5, 0.6) is 5.75 Å². The fourth-order valence-electron chi connectivity index (χ4n) is 2.52. The molecule has 5 heteroatoms. The molecule has 136 valence electrons. The van der Waals surface area contributed by atoms with Crippen LogP contribution in [0.15, 0.2) is 30.3 Å². The largest absolute Gasteiger partial charge is 0.493 e. The van der Waals surface area contributed by atoms with Crippen LogP contribution in [0.3, 0.4) is 0 Å². The molecule has 1 aliphatic carbocycles. The molecule has 0 atom stereocenters. The predicted octanol–water partition coefficient (Wildman–Crippen LogP) is 3.43. The van der Waals surface area contributed by atoms with Gasteiger partial charge in [-0.2, -0.15) is 0 Å². The number of rotatable bonds is 10. The monoisotopic (exact) mass is 345 g/mol. The van der Waals surface area contributed by atoms with Crippen LogP contribution in [-0.4, -0.2) is 42.6 Å². The first kappa shape index (κ1) is 19.0. The average molecular weight is 345 g/mol. The van der Waals surface area contributed by atoms with Gasteiger partial charge >= 0.3 is 5.97 Å². The van der Waals surface area contributed by atoms with Gasteiger partial charge in [-0.15, -0.1) is 0 Å². The van der Waals surface area contributed by atoms with Crippen molar-refractivity contribution in [2.45, 2.75) is 45.6 Å². The summed E-state index contributed by atoms with van der Waals surface area (Å²) in [6.45, 7) is 5.25. The highest BCUT2D eigenvalue weighted by Crippen LogP contribution is 2.27. The fourth-order valence-corrected chi connectivity index (χ4v) is 2.52. The number of ether oxygens (including phenoxy) is 2. The summed E-state index contributed by atoms with van der Waals surface area (Å²) in [5.74, 6) is 0.443. The van der Waals surface area contributed by atoms with Gasteiger partial charge in [0.15, 0.2) is 0 Å². The Bertz CT molecular complexity index is 607. The minimum Gasteiger partial charge on any atom is -0.493 e. The highest BCUT2D eigenvalue weighted by molar-refractivity contribution is 5.92. The zero-order valence-corrected chi connectivity index (χ0v) is 15.1. The fraction of sp³-hybridized carbons (Fsp3) is 0.500. The number of carbonyl (C=O) groups excluding carboxylic acids is 2. The normalized spacial score (nSPS) is 13.7. The molecule has 1 amide bonds. The second-order valence-electron chi connectivity index (χ2n) is 6.04. The van der Waals surface area contributed by atoms with Gasteiger partial charge in [0.05, 0.1) is 19.6 Å². The zero-order valence-electron chi connectivity index (χ0n) is 15.1. The van der Waals surface area contributed by atoms with Gasteiger partial charge in [0.25, 0.3) is 0 Å². The number of para-hydroxylation sites is 1. The van der Waals surface area contributed by atoms with E-state index in [2.05, 4.69) is 6.92 Å². The number of amides is 1. The van der Waals surface area contributed by atoms with E-state index in [0.717, 1.165) is 30.6 Å². The molecule has 0 radical (unpaired) electrons. The first-order chi connectivity index (χ1) is 12.2. The molecule has 0 heterocycles. The van der Waals surface area contributed by atoms with Crippen molar-refractivity contribution in [2.24, 2.45) is 0 Å². The minimum absolute atomic E-state index is 0.0721. The molecule has 0 bridgehead atoms. The Balaban J connectivity index is 1.98. The van der Waals surface area contributed by atoms with E-state index >= 15 is 0 Å². The first-order valence-corrected chi connectivity index (χ1v) is 9.01. The summed E-state index contributed by atoms with van der Waals surface area (Å²) in [6, 6.07) is 7.91. The molecule has 0 spiro atoms. The molecule has 0 aromatic heterocycles. The maximum atomic E-state index is 12.5. The Morgan fingerprint density at radius 1 is 1.24 bits per heavy atom. The summed E-state index contributed by atoms with van der Waals surface area (Å²) in [7, 11) is 0. The molecule has 0 aliphatic heterocycles. The smallest absolute Gasteiger partial charge is 0.307 e. The van der Waals surface area contributed by atoms with Crippen molar-refractivity contribution >= 4 is 18.0 Å². The summed E-state index contributed by atoms with van der Waals surface area (Å²) in [5, 5.41) is 0. The Morgan fingerprint density at radius 2 is 2.00 bits per heavy atom. The third-order valence-corrected chi connectivity index (χ3v) is 3.92. The Kier molecular flexibility index (Phi) is 7.51. The van der Waals surface area contributed by atoms with Crippen molar-refractivity contribution in [3.05, 3.63) is 35.9 Å². The highest BCUT2D eigenvalue weighted by Gasteiger charge is 2.31. The maximum absolute atomic E-state index is 12.5. The van der Waals surface area contributed by atoms with E-state index < -0.39 is 0 Å². The second-order valence-corrected chi connectivity index (χ2v) is 6.04. The molecule has 2 rings (SSSR count). The van der Waals surface area contributed by atoms with Crippen molar-refractivity contribution in [3.8, 4) is 5.75 Å². The average Bonchev–Trinajstić information content (AvgIpc) is 3.44. The van der Waals surface area contributed by atoms with Crippen LogP contribution in [0.2, 0.25) is 0 Å². The van der Waals surface area contributed by atoms with Crippen molar-refractivity contribution in [3.63, 3.8) is 0 Å². The number of benzene rings is 1. The Morgan fingerprint density at radius 3 is 2.68 bits per heavy atom. The molecule has 1 fully saturated rings. The summed E-state index contributed by atoms with van der Waals surface area (Å²) in [6.07, 6.45) is 6.52. The summed E-state index contributed by atoms with van der Waals surface area (Å²) in [4.78, 5) is 25.8. The molecule has 1 saturated carbocycles. The Labute approximate surface area is 149 Å². The molecular formula is C20H27NO4. The zero-order chi connectivity index (χ0) is 18.1. The van der Waals surface area contributed by atoms with Gasteiger partial charge in [0, 0.05) is 24.2 Å². The maximum Gasteiger partial charge on any atom is 0.307 e. The summed E-state index contributed by atoms with van der Waals surface area (Å²) < 4.78 is 10.7. The van der Waals surface area contributed by atoms with Gasteiger partial charge in [0.1, 0.15) is 5.75 Å². The lowest BCUT2D eigenvalue weighted by atomic mass is 10.2. The SMILES string of the molecule is CCCOc1ccccc1/C=C/C(=O)N(CCC(=O)OCC)C1CC1. The number of nitrogens with zero attached hydrogens (tertiary/aromatic N) is 1. The van der Waals surface area contributed by atoms with Crippen LogP contribution < -0.4 is 4.74 Å². The standard InChI is InChI=1S/C20H27NO4/c1-3-15-25-18-8-6-5-7-16(18)9-12-19(22)21(17-10-11-17)14-13-20(23)24-4-2/h5-9,12,17H,3-4,10-11,13-15H2,1-2H3/b12-9+. The number of esters is 1. The minimum atomic E-state index is -0.261. The van der Waals surface area contributed by atoms with Crippen LogP contribution in [0.4, 0.5) is 0 Å². The molecule has 0 N–H and O–H groups in total. The Hall–Kier alpha value is -2.30. The van der Waals surface area contributed by atoms with E-state index in [-0.39, 0.29) is 24.3 Å². The van der Waals surface area contributed by atoms with Crippen LogP contribution in [0, 0.1) is 0 Å². The molecule has 1 aliphatic rings. The quantitative estimate of drug-likeness (QED) is 0.481. The second kappa shape index (κ2) is 9.87. The molecule has 0 unspecified atom stereocenters. The van der Waals surface area contributed by atoms with Crippen LogP contribution in [0.1, 0.15) is 45.1 Å². The number of hydrogen-bond acceptors (Lipinski definition) is 4. The van der Waals surface area contributed by atoms with Crippen LogP contribution >= 0.6 is 0 Å². The van der Waals surface area contributed by atoms with E-state index in [1.807, 2.05) is 24.3 Å². The third kappa shape index (κ3) is 6.25. The third-order valence-electron chi connectivity index (χ3n) is 3.92. The van der Waals surface area contributed by atoms with E-state index in [1.165, 1.54) is 0 Å². The van der Waals surface area contributed by atoms with Crippen molar-refractivity contribution in [1.82, 2.24) is 4.90 Å². The molecule has 1 aromatic rings. The van der Waals surface area contributed by atoms with Crippen molar-refractivity contribution in [2.75, 3.05) is 19.8 Å². The van der Waals surface area contributed by atoms with Gasteiger partial charge < -0.3 is 14.4 Å². The van der Waals surface area contributed by atoms with E-state index in [4.69, 9.17) is 9.47 Å². The number of carbonyl (C=O) groups is 2. The summed E-state index contributed by atoms with van der Waals surface area (Å²) in [5.41, 5.74) is 0.880. The van der Waals surface area contributed by atoms with E-state index in [9.17, 15) is 9.59 Å². The van der Waals surface area contributed by atoms with Gasteiger partial charge in [-0.3, -0.25) is 9.59 Å². The van der Waals surface area contributed by atoms with E-state index in [1.54, 1.807) is 24.0 Å². The predicted molar refractivity (Wildman–Crippen MR) is 97.2 cm³/mol.